The quantitative estimate of drug-likeness (QED) is 0.551. The van der Waals surface area contributed by atoms with Gasteiger partial charge in [0.2, 0.25) is 5.78 Å². The highest BCUT2D eigenvalue weighted by atomic mass is 16.5. The minimum atomic E-state index is -0.928. The van der Waals surface area contributed by atoms with Crippen molar-refractivity contribution in [3.8, 4) is 5.75 Å². The van der Waals surface area contributed by atoms with Gasteiger partial charge in [-0.05, 0) is 66.3 Å². The molecule has 0 spiro atoms. The smallest absolute Gasteiger partial charge is 0.342 e. The van der Waals surface area contributed by atoms with Crippen LogP contribution in [0.3, 0.4) is 0 Å². The Balaban J connectivity index is 1.54. The Bertz CT molecular complexity index is 1050. The second-order valence-electron chi connectivity index (χ2n) is 6.97. The fraction of sp³-hybridized carbons (Fsp3) is 0.217. The summed E-state index contributed by atoms with van der Waals surface area (Å²) in [7, 11) is 0. The van der Waals surface area contributed by atoms with Gasteiger partial charge in [-0.15, -0.1) is 0 Å². The average Bonchev–Trinajstić information content (AvgIpc) is 3.14. The molecule has 0 fully saturated rings. The zero-order valence-electron chi connectivity index (χ0n) is 15.1. The Kier molecular flexibility index (Phi) is 4.40. The van der Waals surface area contributed by atoms with E-state index in [2.05, 4.69) is 0 Å². The lowest BCUT2D eigenvalue weighted by Crippen LogP contribution is -2.24. The van der Waals surface area contributed by atoms with Gasteiger partial charge in [0.25, 0.3) is 0 Å². The predicted molar refractivity (Wildman–Crippen MR) is 103 cm³/mol. The lowest BCUT2D eigenvalue weighted by molar-refractivity contribution is 0.0316. The molecule has 0 saturated carbocycles. The van der Waals surface area contributed by atoms with Crippen molar-refractivity contribution in [2.45, 2.75) is 32.3 Å². The molecule has 0 radical (unpaired) electrons. The molecule has 4 rings (SSSR count). The number of hydrogen-bond donors (Lipinski definition) is 1. The maximum absolute atomic E-state index is 12.7. The molecule has 3 aromatic rings. The maximum atomic E-state index is 12.7. The van der Waals surface area contributed by atoms with E-state index in [-0.39, 0.29) is 17.1 Å². The monoisotopic (exact) mass is 360 g/mol. The van der Waals surface area contributed by atoms with Crippen LogP contribution in [0.2, 0.25) is 0 Å². The summed E-state index contributed by atoms with van der Waals surface area (Å²) >= 11 is 0. The summed E-state index contributed by atoms with van der Waals surface area (Å²) in [6, 6.07) is 16.2. The number of phenolic OH excluding ortho intramolecular Hbond substituents is 1. The summed E-state index contributed by atoms with van der Waals surface area (Å²) in [6.45, 7) is 1.56. The van der Waals surface area contributed by atoms with Gasteiger partial charge in [0, 0.05) is 5.56 Å². The highest BCUT2D eigenvalue weighted by molar-refractivity contribution is 6.03. The summed E-state index contributed by atoms with van der Waals surface area (Å²) < 4.78 is 5.35. The number of carbonyl (C=O) groups excluding carboxylic acids is 2. The highest BCUT2D eigenvalue weighted by Crippen LogP contribution is 2.27. The first-order valence-corrected chi connectivity index (χ1v) is 9.11. The van der Waals surface area contributed by atoms with Crippen LogP contribution in [0.15, 0.2) is 54.6 Å². The molecule has 1 aliphatic rings. The van der Waals surface area contributed by atoms with Crippen LogP contribution in [0.5, 0.6) is 5.75 Å². The molecule has 0 aromatic heterocycles. The minimum Gasteiger partial charge on any atom is -0.507 e. The molecule has 1 aliphatic carbocycles. The molecule has 1 atom stereocenters. The molecule has 4 nitrogen and oxygen atoms in total. The number of aryl methyl sites for hydroxylation is 2. The predicted octanol–water partition coefficient (Wildman–Crippen LogP) is 4.46. The lowest BCUT2D eigenvalue weighted by atomic mass is 10.0. The zero-order chi connectivity index (χ0) is 19.0. The van der Waals surface area contributed by atoms with Gasteiger partial charge in [-0.3, -0.25) is 4.79 Å². The molecule has 0 bridgehead atoms. The molecule has 4 heteroatoms. The van der Waals surface area contributed by atoms with Crippen molar-refractivity contribution in [1.82, 2.24) is 0 Å². The second-order valence-corrected chi connectivity index (χ2v) is 6.97. The Morgan fingerprint density at radius 2 is 1.67 bits per heavy atom. The summed E-state index contributed by atoms with van der Waals surface area (Å²) in [4.78, 5) is 25.2. The summed E-state index contributed by atoms with van der Waals surface area (Å²) in [6.07, 6.45) is 2.21. The number of ketones is 1. The summed E-state index contributed by atoms with van der Waals surface area (Å²) in [5, 5.41) is 11.8. The second kappa shape index (κ2) is 6.88. The number of aromatic hydroxyl groups is 1. The standard InChI is InChI=1S/C23H20O4/c1-14(22(25)19-10-9-15-7-4-8-16(15)11-19)27-23(26)20-12-17-5-2-3-6-18(17)13-21(20)24/h2-3,5-6,9-14,24H,4,7-8H2,1H3/t14-/m1/s1. The summed E-state index contributed by atoms with van der Waals surface area (Å²) in [5.41, 5.74) is 3.10. The van der Waals surface area contributed by atoms with E-state index in [4.69, 9.17) is 4.74 Å². The topological polar surface area (TPSA) is 63.6 Å². The van der Waals surface area contributed by atoms with Crippen LogP contribution in [0.25, 0.3) is 10.8 Å². The van der Waals surface area contributed by atoms with Crippen molar-refractivity contribution >= 4 is 22.5 Å². The fourth-order valence-electron chi connectivity index (χ4n) is 3.63. The highest BCUT2D eigenvalue weighted by Gasteiger charge is 2.23. The molecule has 0 aliphatic heterocycles. The fourth-order valence-corrected chi connectivity index (χ4v) is 3.63. The first-order valence-electron chi connectivity index (χ1n) is 9.11. The van der Waals surface area contributed by atoms with E-state index in [9.17, 15) is 14.7 Å². The van der Waals surface area contributed by atoms with Crippen LogP contribution in [0.4, 0.5) is 0 Å². The van der Waals surface area contributed by atoms with Gasteiger partial charge in [-0.25, -0.2) is 4.79 Å². The number of carbonyl (C=O) groups is 2. The van der Waals surface area contributed by atoms with Crippen molar-refractivity contribution in [2.24, 2.45) is 0 Å². The van der Waals surface area contributed by atoms with E-state index in [0.29, 0.717) is 5.56 Å². The molecule has 27 heavy (non-hydrogen) atoms. The number of benzene rings is 3. The molecule has 0 heterocycles. The lowest BCUT2D eigenvalue weighted by Gasteiger charge is -2.14. The van der Waals surface area contributed by atoms with Gasteiger partial charge in [0.15, 0.2) is 6.10 Å². The van der Waals surface area contributed by atoms with Gasteiger partial charge in [0.05, 0.1) is 0 Å². The van der Waals surface area contributed by atoms with Crippen molar-refractivity contribution in [1.29, 1.82) is 0 Å². The number of ether oxygens (including phenoxy) is 1. The molecule has 0 unspecified atom stereocenters. The molecular weight excluding hydrogens is 340 g/mol. The number of hydrogen-bond acceptors (Lipinski definition) is 4. The minimum absolute atomic E-state index is 0.0577. The number of Topliss-reactive ketones (excluding diaryl/α,β-unsaturated/α-hetero) is 1. The average molecular weight is 360 g/mol. The van der Waals surface area contributed by atoms with Gasteiger partial charge in [-0.2, -0.15) is 0 Å². The van der Waals surface area contributed by atoms with Crippen molar-refractivity contribution in [3.05, 3.63) is 76.9 Å². The molecule has 136 valence electrons. The van der Waals surface area contributed by atoms with Crippen LogP contribution in [-0.2, 0) is 17.6 Å². The SMILES string of the molecule is C[C@@H](OC(=O)c1cc2ccccc2cc1O)C(=O)c1ccc2c(c1)CCC2. The van der Waals surface area contributed by atoms with Crippen LogP contribution in [-0.4, -0.2) is 23.0 Å². The Morgan fingerprint density at radius 1 is 0.963 bits per heavy atom. The molecular formula is C23H20O4. The van der Waals surface area contributed by atoms with Gasteiger partial charge >= 0.3 is 5.97 Å². The number of esters is 1. The Labute approximate surface area is 157 Å². The normalized spacial score (nSPS) is 14.0. The Hall–Kier alpha value is -3.14. The van der Waals surface area contributed by atoms with Gasteiger partial charge in [0.1, 0.15) is 11.3 Å². The molecule has 0 saturated heterocycles. The Morgan fingerprint density at radius 3 is 2.44 bits per heavy atom. The van der Waals surface area contributed by atoms with E-state index < -0.39 is 12.1 Å². The van der Waals surface area contributed by atoms with Gasteiger partial charge in [-0.1, -0.05) is 36.4 Å². The van der Waals surface area contributed by atoms with E-state index in [1.165, 1.54) is 17.2 Å². The first-order chi connectivity index (χ1) is 13.0. The van der Waals surface area contributed by atoms with Crippen LogP contribution >= 0.6 is 0 Å². The molecule has 0 amide bonds. The third kappa shape index (κ3) is 3.31. The maximum Gasteiger partial charge on any atom is 0.342 e. The van der Waals surface area contributed by atoms with E-state index >= 15 is 0 Å². The number of fused-ring (bicyclic) bond motifs is 2. The zero-order valence-corrected chi connectivity index (χ0v) is 15.1. The largest absolute Gasteiger partial charge is 0.507 e. The first kappa shape index (κ1) is 17.3. The van der Waals surface area contributed by atoms with E-state index in [1.54, 1.807) is 19.1 Å². The van der Waals surface area contributed by atoms with Crippen molar-refractivity contribution < 1.29 is 19.4 Å². The van der Waals surface area contributed by atoms with E-state index in [0.717, 1.165) is 30.0 Å². The number of phenols is 1. The van der Waals surface area contributed by atoms with Crippen molar-refractivity contribution in [2.75, 3.05) is 0 Å². The van der Waals surface area contributed by atoms with Crippen molar-refractivity contribution in [3.63, 3.8) is 0 Å². The van der Waals surface area contributed by atoms with Crippen LogP contribution in [0.1, 0.15) is 45.2 Å². The number of rotatable bonds is 4. The molecule has 3 aromatic carbocycles. The third-order valence-corrected chi connectivity index (χ3v) is 5.12. The van der Waals surface area contributed by atoms with Crippen LogP contribution < -0.4 is 0 Å². The van der Waals surface area contributed by atoms with E-state index in [1.807, 2.05) is 36.4 Å². The third-order valence-electron chi connectivity index (χ3n) is 5.12. The van der Waals surface area contributed by atoms with Crippen LogP contribution in [0, 0.1) is 0 Å². The summed E-state index contributed by atoms with van der Waals surface area (Å²) in [5.74, 6) is -1.10. The van der Waals surface area contributed by atoms with Gasteiger partial charge < -0.3 is 9.84 Å². The molecule has 1 N–H and O–H groups in total.